The van der Waals surface area contributed by atoms with Crippen molar-refractivity contribution in [2.75, 3.05) is 0 Å². The highest BCUT2D eigenvalue weighted by molar-refractivity contribution is 5.47. The number of pyridine rings is 1. The second kappa shape index (κ2) is 3.65. The van der Waals surface area contributed by atoms with E-state index in [0.717, 1.165) is 24.3 Å². The van der Waals surface area contributed by atoms with E-state index in [2.05, 4.69) is 41.4 Å². The summed E-state index contributed by atoms with van der Waals surface area (Å²) in [5.74, 6) is 0.983. The Bertz CT molecular complexity index is 497. The highest BCUT2D eigenvalue weighted by atomic mass is 15.2. The molecule has 0 saturated heterocycles. The average molecular weight is 203 g/mol. The predicted molar refractivity (Wildman–Crippen MR) is 61.2 cm³/mol. The molecule has 2 aromatic rings. The van der Waals surface area contributed by atoms with Gasteiger partial charge in [0.25, 0.3) is 0 Å². The van der Waals surface area contributed by atoms with E-state index in [1.54, 1.807) is 0 Å². The second-order valence-corrected chi connectivity index (χ2v) is 3.90. The molecular formula is C12H17N3. The molecular weight excluding hydrogens is 186 g/mol. The molecule has 0 atom stereocenters. The molecule has 0 bridgehead atoms. The Morgan fingerprint density at radius 2 is 1.87 bits per heavy atom. The lowest BCUT2D eigenvalue weighted by molar-refractivity contribution is 0.883. The number of hydrogen-bond acceptors (Lipinski definition) is 2. The van der Waals surface area contributed by atoms with E-state index in [4.69, 9.17) is 0 Å². The van der Waals surface area contributed by atoms with Crippen molar-refractivity contribution in [1.82, 2.24) is 14.6 Å². The van der Waals surface area contributed by atoms with Crippen molar-refractivity contribution in [3.63, 3.8) is 0 Å². The number of fused-ring (bicyclic) bond motifs is 1. The van der Waals surface area contributed by atoms with Crippen LogP contribution in [0.25, 0.3) is 5.65 Å². The lowest BCUT2D eigenvalue weighted by Crippen LogP contribution is -2.05. The van der Waals surface area contributed by atoms with Gasteiger partial charge < -0.3 is 0 Å². The van der Waals surface area contributed by atoms with Gasteiger partial charge in [-0.3, -0.25) is 4.40 Å². The minimum atomic E-state index is 0.971. The van der Waals surface area contributed by atoms with E-state index in [0.29, 0.717) is 0 Å². The summed E-state index contributed by atoms with van der Waals surface area (Å²) in [7, 11) is 0. The summed E-state index contributed by atoms with van der Waals surface area (Å²) in [6.45, 7) is 8.55. The van der Waals surface area contributed by atoms with Gasteiger partial charge in [0.15, 0.2) is 5.65 Å². The number of hydrogen-bond donors (Lipinski definition) is 0. The Hall–Kier alpha value is -1.38. The Balaban J connectivity index is 2.88. The molecule has 0 aliphatic rings. The summed E-state index contributed by atoms with van der Waals surface area (Å²) in [6, 6.07) is 2.12. The molecule has 3 nitrogen and oxygen atoms in total. The fourth-order valence-corrected chi connectivity index (χ4v) is 2.30. The van der Waals surface area contributed by atoms with Gasteiger partial charge in [-0.25, -0.2) is 0 Å². The van der Waals surface area contributed by atoms with Gasteiger partial charge in [0.1, 0.15) is 5.82 Å². The van der Waals surface area contributed by atoms with Crippen LogP contribution in [0.1, 0.15) is 36.5 Å². The highest BCUT2D eigenvalue weighted by Gasteiger charge is 2.11. The first kappa shape index (κ1) is 10.1. The van der Waals surface area contributed by atoms with E-state index in [9.17, 15) is 0 Å². The van der Waals surface area contributed by atoms with Gasteiger partial charge in [0, 0.05) is 5.69 Å². The van der Waals surface area contributed by atoms with Crippen LogP contribution in [0.4, 0.5) is 0 Å². The predicted octanol–water partition coefficient (Wildman–Crippen LogP) is 2.47. The van der Waals surface area contributed by atoms with Crippen molar-refractivity contribution in [2.24, 2.45) is 0 Å². The Labute approximate surface area is 90.1 Å². The Morgan fingerprint density at radius 1 is 1.13 bits per heavy atom. The zero-order valence-electron chi connectivity index (χ0n) is 9.83. The molecule has 2 aromatic heterocycles. The Morgan fingerprint density at radius 3 is 2.47 bits per heavy atom. The second-order valence-electron chi connectivity index (χ2n) is 3.90. The summed E-state index contributed by atoms with van der Waals surface area (Å²) in [6.07, 6.45) is 2.10. The molecule has 80 valence electrons. The highest BCUT2D eigenvalue weighted by Crippen LogP contribution is 2.19. The fraction of sp³-hybridized carbons (Fsp3) is 0.500. The average Bonchev–Trinajstić information content (AvgIpc) is 2.58. The quantitative estimate of drug-likeness (QED) is 0.750. The first-order valence-electron chi connectivity index (χ1n) is 5.52. The van der Waals surface area contributed by atoms with Crippen LogP contribution in [0, 0.1) is 13.8 Å². The van der Waals surface area contributed by atoms with Crippen molar-refractivity contribution in [3.8, 4) is 0 Å². The van der Waals surface area contributed by atoms with Crippen molar-refractivity contribution in [3.05, 3.63) is 28.7 Å². The van der Waals surface area contributed by atoms with E-state index < -0.39 is 0 Å². The van der Waals surface area contributed by atoms with Gasteiger partial charge >= 0.3 is 0 Å². The van der Waals surface area contributed by atoms with Crippen LogP contribution in [-0.4, -0.2) is 14.6 Å². The first-order valence-corrected chi connectivity index (χ1v) is 5.52. The Kier molecular flexibility index (Phi) is 2.47. The molecule has 0 aliphatic carbocycles. The molecule has 3 heteroatoms. The van der Waals surface area contributed by atoms with Gasteiger partial charge in [-0.05, 0) is 43.9 Å². The maximum absolute atomic E-state index is 4.18. The third kappa shape index (κ3) is 1.42. The first-order chi connectivity index (χ1) is 7.19. The van der Waals surface area contributed by atoms with Crippen molar-refractivity contribution in [1.29, 1.82) is 0 Å². The smallest absolute Gasteiger partial charge is 0.161 e. The lowest BCUT2D eigenvalue weighted by Gasteiger charge is -2.12. The standard InChI is InChI=1S/C12H17N3/c1-5-10-8(3)7-12-14-13-9(4)15(12)11(10)6-2/h7H,5-6H2,1-4H3. The van der Waals surface area contributed by atoms with E-state index >= 15 is 0 Å². The minimum absolute atomic E-state index is 0.971. The maximum Gasteiger partial charge on any atom is 0.161 e. The molecule has 2 heterocycles. The van der Waals surface area contributed by atoms with Crippen molar-refractivity contribution in [2.45, 2.75) is 40.5 Å². The SMILES string of the molecule is CCc1c(C)cc2nnc(C)n2c1CC. The third-order valence-electron chi connectivity index (χ3n) is 2.98. The van der Waals surface area contributed by atoms with Crippen LogP contribution in [0.15, 0.2) is 6.07 Å². The number of aromatic nitrogens is 3. The van der Waals surface area contributed by atoms with E-state index in [-0.39, 0.29) is 0 Å². The van der Waals surface area contributed by atoms with Gasteiger partial charge in [0.05, 0.1) is 0 Å². The minimum Gasteiger partial charge on any atom is -0.283 e. The lowest BCUT2D eigenvalue weighted by atomic mass is 10.0. The summed E-state index contributed by atoms with van der Waals surface area (Å²) in [4.78, 5) is 0. The molecule has 0 radical (unpaired) electrons. The molecule has 0 unspecified atom stereocenters. The molecule has 0 aromatic carbocycles. The number of rotatable bonds is 2. The number of aryl methyl sites for hydroxylation is 3. The maximum atomic E-state index is 4.18. The largest absolute Gasteiger partial charge is 0.283 e. The summed E-state index contributed by atoms with van der Waals surface area (Å²) in [5.41, 5.74) is 5.09. The zero-order chi connectivity index (χ0) is 11.0. The molecule has 0 saturated carbocycles. The summed E-state index contributed by atoms with van der Waals surface area (Å²) >= 11 is 0. The van der Waals surface area contributed by atoms with Crippen LogP contribution in [0.5, 0.6) is 0 Å². The molecule has 0 N–H and O–H groups in total. The van der Waals surface area contributed by atoms with Gasteiger partial charge in [0.2, 0.25) is 0 Å². The van der Waals surface area contributed by atoms with E-state index in [1.807, 2.05) is 6.92 Å². The van der Waals surface area contributed by atoms with Crippen LogP contribution < -0.4 is 0 Å². The van der Waals surface area contributed by atoms with Gasteiger partial charge in [-0.15, -0.1) is 10.2 Å². The summed E-state index contributed by atoms with van der Waals surface area (Å²) in [5, 5.41) is 8.31. The van der Waals surface area contributed by atoms with Crippen LogP contribution in [-0.2, 0) is 12.8 Å². The normalized spacial score (nSPS) is 11.2. The topological polar surface area (TPSA) is 30.2 Å². The van der Waals surface area contributed by atoms with Crippen molar-refractivity contribution < 1.29 is 0 Å². The molecule has 0 aliphatic heterocycles. The molecule has 0 amide bonds. The molecule has 15 heavy (non-hydrogen) atoms. The molecule has 0 fully saturated rings. The van der Waals surface area contributed by atoms with Crippen LogP contribution >= 0.6 is 0 Å². The van der Waals surface area contributed by atoms with E-state index in [1.165, 1.54) is 16.8 Å². The zero-order valence-corrected chi connectivity index (χ0v) is 9.83. The fourth-order valence-electron chi connectivity index (χ4n) is 2.30. The monoisotopic (exact) mass is 203 g/mol. The third-order valence-corrected chi connectivity index (χ3v) is 2.98. The molecule has 2 rings (SSSR count). The van der Waals surface area contributed by atoms with Crippen LogP contribution in [0.2, 0.25) is 0 Å². The van der Waals surface area contributed by atoms with Crippen LogP contribution in [0.3, 0.4) is 0 Å². The summed E-state index contributed by atoms with van der Waals surface area (Å²) < 4.78 is 2.17. The van der Waals surface area contributed by atoms with Gasteiger partial charge in [-0.2, -0.15) is 0 Å². The van der Waals surface area contributed by atoms with Gasteiger partial charge in [-0.1, -0.05) is 13.8 Å². The van der Waals surface area contributed by atoms with Crippen molar-refractivity contribution >= 4 is 5.65 Å². The molecule has 0 spiro atoms. The number of nitrogens with zero attached hydrogens (tertiary/aromatic N) is 3.